The van der Waals surface area contributed by atoms with Crippen LogP contribution in [0.5, 0.6) is 0 Å². The molecule has 1 aromatic heterocycles. The van der Waals surface area contributed by atoms with Gasteiger partial charge in [-0.15, -0.1) is 11.3 Å². The summed E-state index contributed by atoms with van der Waals surface area (Å²) in [5.74, 6) is 0.898. The smallest absolute Gasteiger partial charge is 0.0913 e. The van der Waals surface area contributed by atoms with Crippen LogP contribution in [0.1, 0.15) is 23.6 Å². The van der Waals surface area contributed by atoms with Crippen LogP contribution in [0.25, 0.3) is 0 Å². The second-order valence-corrected chi connectivity index (χ2v) is 5.14. The first-order valence-electron chi connectivity index (χ1n) is 5.36. The lowest BCUT2D eigenvalue weighted by molar-refractivity contribution is 0.123. The lowest BCUT2D eigenvalue weighted by atomic mass is 10.3. The predicted octanol–water partition coefficient (Wildman–Crippen LogP) is 2.46. The molecule has 0 bridgehead atoms. The molecular weight excluding hydrogens is 194 g/mol. The SMILES string of the molecule is c1cc(N2CCOCC2)sc1C1CC1. The minimum atomic E-state index is 0.886. The highest BCUT2D eigenvalue weighted by Gasteiger charge is 2.25. The number of thiophene rings is 1. The molecule has 0 atom stereocenters. The number of morpholine rings is 1. The summed E-state index contributed by atoms with van der Waals surface area (Å²) in [5.41, 5.74) is 0. The summed E-state index contributed by atoms with van der Waals surface area (Å²) in [4.78, 5) is 4.03. The topological polar surface area (TPSA) is 12.5 Å². The summed E-state index contributed by atoms with van der Waals surface area (Å²) < 4.78 is 5.35. The van der Waals surface area contributed by atoms with Crippen LogP contribution in [0.15, 0.2) is 12.1 Å². The van der Waals surface area contributed by atoms with Crippen LogP contribution in [0.4, 0.5) is 5.00 Å². The van der Waals surface area contributed by atoms with E-state index < -0.39 is 0 Å². The third-order valence-corrected chi connectivity index (χ3v) is 4.22. The minimum absolute atomic E-state index is 0.886. The molecule has 2 fully saturated rings. The monoisotopic (exact) mass is 209 g/mol. The van der Waals surface area contributed by atoms with Crippen molar-refractivity contribution in [3.05, 3.63) is 17.0 Å². The van der Waals surface area contributed by atoms with Gasteiger partial charge in [-0.2, -0.15) is 0 Å². The Kier molecular flexibility index (Phi) is 2.22. The van der Waals surface area contributed by atoms with E-state index in [9.17, 15) is 0 Å². The molecule has 2 nitrogen and oxygen atoms in total. The van der Waals surface area contributed by atoms with Gasteiger partial charge in [0.05, 0.1) is 18.2 Å². The summed E-state index contributed by atoms with van der Waals surface area (Å²) in [5, 5.41) is 1.44. The molecule has 0 radical (unpaired) electrons. The van der Waals surface area contributed by atoms with Gasteiger partial charge in [0.1, 0.15) is 0 Å². The van der Waals surface area contributed by atoms with Gasteiger partial charge in [-0.05, 0) is 30.9 Å². The molecule has 0 amide bonds. The number of rotatable bonds is 2. The van der Waals surface area contributed by atoms with Crippen molar-refractivity contribution in [2.75, 3.05) is 31.2 Å². The van der Waals surface area contributed by atoms with E-state index in [0.29, 0.717) is 0 Å². The van der Waals surface area contributed by atoms with E-state index in [4.69, 9.17) is 4.74 Å². The Morgan fingerprint density at radius 1 is 1.21 bits per heavy atom. The molecule has 0 N–H and O–H groups in total. The highest BCUT2D eigenvalue weighted by atomic mass is 32.1. The van der Waals surface area contributed by atoms with Gasteiger partial charge in [0, 0.05) is 18.0 Å². The maximum absolute atomic E-state index is 5.35. The maximum Gasteiger partial charge on any atom is 0.0913 e. The van der Waals surface area contributed by atoms with Crippen molar-refractivity contribution in [3.8, 4) is 0 Å². The fraction of sp³-hybridized carbons (Fsp3) is 0.636. The molecule has 1 saturated carbocycles. The largest absolute Gasteiger partial charge is 0.378 e. The second kappa shape index (κ2) is 3.55. The van der Waals surface area contributed by atoms with Gasteiger partial charge in [0.25, 0.3) is 0 Å². The summed E-state index contributed by atoms with van der Waals surface area (Å²) in [6.07, 6.45) is 2.81. The fourth-order valence-electron chi connectivity index (χ4n) is 1.88. The van der Waals surface area contributed by atoms with E-state index in [-0.39, 0.29) is 0 Å². The Morgan fingerprint density at radius 3 is 2.71 bits per heavy atom. The third-order valence-electron chi connectivity index (χ3n) is 2.92. The lowest BCUT2D eigenvalue weighted by Gasteiger charge is -2.27. The molecule has 3 rings (SSSR count). The molecule has 1 saturated heterocycles. The molecule has 0 aromatic carbocycles. The summed E-state index contributed by atoms with van der Waals surface area (Å²) in [6, 6.07) is 4.59. The molecule has 2 aliphatic rings. The van der Waals surface area contributed by atoms with Crippen molar-refractivity contribution in [2.24, 2.45) is 0 Å². The van der Waals surface area contributed by atoms with Gasteiger partial charge in [-0.3, -0.25) is 0 Å². The number of nitrogens with zero attached hydrogens (tertiary/aromatic N) is 1. The third kappa shape index (κ3) is 1.66. The maximum atomic E-state index is 5.35. The average molecular weight is 209 g/mol. The van der Waals surface area contributed by atoms with E-state index in [2.05, 4.69) is 17.0 Å². The Morgan fingerprint density at radius 2 is 2.00 bits per heavy atom. The fourth-order valence-corrected chi connectivity index (χ4v) is 3.11. The van der Waals surface area contributed by atoms with E-state index in [1.165, 1.54) is 17.8 Å². The van der Waals surface area contributed by atoms with E-state index >= 15 is 0 Å². The van der Waals surface area contributed by atoms with Crippen molar-refractivity contribution >= 4 is 16.3 Å². The molecular formula is C11H15NOS. The van der Waals surface area contributed by atoms with Crippen molar-refractivity contribution in [1.29, 1.82) is 0 Å². The van der Waals surface area contributed by atoms with Gasteiger partial charge < -0.3 is 9.64 Å². The molecule has 14 heavy (non-hydrogen) atoms. The number of ether oxygens (including phenoxy) is 1. The lowest BCUT2D eigenvalue weighted by Crippen LogP contribution is -2.35. The van der Waals surface area contributed by atoms with E-state index in [1.807, 2.05) is 11.3 Å². The van der Waals surface area contributed by atoms with Crippen molar-refractivity contribution in [2.45, 2.75) is 18.8 Å². The first-order valence-corrected chi connectivity index (χ1v) is 6.17. The molecule has 0 spiro atoms. The van der Waals surface area contributed by atoms with Gasteiger partial charge >= 0.3 is 0 Å². The molecule has 3 heteroatoms. The Bertz CT molecular complexity index is 313. The molecule has 76 valence electrons. The quantitative estimate of drug-likeness (QED) is 0.742. The summed E-state index contributed by atoms with van der Waals surface area (Å²) in [6.45, 7) is 3.89. The molecule has 1 aromatic rings. The zero-order valence-electron chi connectivity index (χ0n) is 8.24. The van der Waals surface area contributed by atoms with Crippen LogP contribution in [0.3, 0.4) is 0 Å². The highest BCUT2D eigenvalue weighted by molar-refractivity contribution is 7.16. The normalized spacial score (nSPS) is 22.7. The van der Waals surface area contributed by atoms with Crippen molar-refractivity contribution < 1.29 is 4.74 Å². The average Bonchev–Trinajstić information content (AvgIpc) is 2.98. The summed E-state index contributed by atoms with van der Waals surface area (Å²) in [7, 11) is 0. The summed E-state index contributed by atoms with van der Waals surface area (Å²) >= 11 is 1.98. The zero-order chi connectivity index (χ0) is 9.38. The van der Waals surface area contributed by atoms with Crippen LogP contribution >= 0.6 is 11.3 Å². The molecule has 0 unspecified atom stereocenters. The number of hydrogen-bond donors (Lipinski definition) is 0. The van der Waals surface area contributed by atoms with Gasteiger partial charge in [0.2, 0.25) is 0 Å². The standard InChI is InChI=1S/C11H15NOS/c1-2-9(1)10-3-4-11(14-10)12-5-7-13-8-6-12/h3-4,9H,1-2,5-8H2. The second-order valence-electron chi connectivity index (χ2n) is 4.05. The van der Waals surface area contributed by atoms with Crippen LogP contribution in [0, 0.1) is 0 Å². The molecule has 1 aliphatic carbocycles. The molecule has 1 aliphatic heterocycles. The van der Waals surface area contributed by atoms with E-state index in [0.717, 1.165) is 32.2 Å². The van der Waals surface area contributed by atoms with Crippen molar-refractivity contribution in [3.63, 3.8) is 0 Å². The zero-order valence-corrected chi connectivity index (χ0v) is 9.05. The molecule has 2 heterocycles. The van der Waals surface area contributed by atoms with Crippen LogP contribution in [-0.4, -0.2) is 26.3 Å². The Hall–Kier alpha value is -0.540. The number of hydrogen-bond acceptors (Lipinski definition) is 3. The van der Waals surface area contributed by atoms with Crippen LogP contribution < -0.4 is 4.90 Å². The van der Waals surface area contributed by atoms with E-state index in [1.54, 1.807) is 4.88 Å². The number of anilines is 1. The van der Waals surface area contributed by atoms with Crippen molar-refractivity contribution in [1.82, 2.24) is 0 Å². The Labute approximate surface area is 88.5 Å². The first-order chi connectivity index (χ1) is 6.93. The van der Waals surface area contributed by atoms with Gasteiger partial charge in [0.15, 0.2) is 0 Å². The predicted molar refractivity (Wildman–Crippen MR) is 59.3 cm³/mol. The first kappa shape index (κ1) is 8.74. The van der Waals surface area contributed by atoms with Gasteiger partial charge in [-0.1, -0.05) is 0 Å². The highest BCUT2D eigenvalue weighted by Crippen LogP contribution is 2.45. The van der Waals surface area contributed by atoms with Gasteiger partial charge in [-0.25, -0.2) is 0 Å². The van der Waals surface area contributed by atoms with Crippen LogP contribution in [0.2, 0.25) is 0 Å². The Balaban J connectivity index is 1.74. The minimum Gasteiger partial charge on any atom is -0.378 e. The van der Waals surface area contributed by atoms with Crippen LogP contribution in [-0.2, 0) is 4.74 Å².